The minimum absolute atomic E-state index is 0.0928. The van der Waals surface area contributed by atoms with E-state index < -0.39 is 0 Å². The second-order valence-electron chi connectivity index (χ2n) is 4.01. The van der Waals surface area contributed by atoms with Gasteiger partial charge in [0.15, 0.2) is 0 Å². The first-order valence-electron chi connectivity index (χ1n) is 5.57. The molecule has 0 saturated heterocycles. The van der Waals surface area contributed by atoms with Crippen molar-refractivity contribution in [2.45, 2.75) is 0 Å². The summed E-state index contributed by atoms with van der Waals surface area (Å²) >= 11 is 0. The van der Waals surface area contributed by atoms with Crippen molar-refractivity contribution in [1.29, 1.82) is 0 Å². The predicted molar refractivity (Wildman–Crippen MR) is 67.8 cm³/mol. The van der Waals surface area contributed by atoms with E-state index in [9.17, 15) is 5.11 Å². The second-order valence-corrected chi connectivity index (χ2v) is 4.01. The molecule has 3 heterocycles. The molecule has 0 spiro atoms. The maximum atomic E-state index is 9.88. The number of aromatic hydroxyl groups is 1. The summed E-state index contributed by atoms with van der Waals surface area (Å²) in [7, 11) is 3.31. The molecule has 3 rings (SSSR count). The van der Waals surface area contributed by atoms with E-state index in [1.165, 1.54) is 7.11 Å². The molecule has 0 saturated carbocycles. The number of fused-ring (bicyclic) bond motifs is 1. The van der Waals surface area contributed by atoms with Crippen LogP contribution in [0.4, 0.5) is 0 Å². The number of ether oxygens (including phenoxy) is 1. The van der Waals surface area contributed by atoms with Gasteiger partial charge in [-0.05, 0) is 6.07 Å². The van der Waals surface area contributed by atoms with Gasteiger partial charge in [0.05, 0.1) is 18.8 Å². The third kappa shape index (κ3) is 1.85. The SMILES string of the molecule is COc1nc(O)c2ccnc(-c3cn(C)cn3)c2n1. The lowest BCUT2D eigenvalue weighted by Crippen LogP contribution is -1.96. The summed E-state index contributed by atoms with van der Waals surface area (Å²) < 4.78 is 6.78. The summed E-state index contributed by atoms with van der Waals surface area (Å²) in [5.41, 5.74) is 1.76. The monoisotopic (exact) mass is 257 g/mol. The van der Waals surface area contributed by atoms with Gasteiger partial charge in [-0.1, -0.05) is 0 Å². The fourth-order valence-electron chi connectivity index (χ4n) is 1.83. The highest BCUT2D eigenvalue weighted by molar-refractivity contribution is 5.93. The number of imidazole rings is 1. The molecule has 0 fully saturated rings. The second kappa shape index (κ2) is 4.20. The molecule has 19 heavy (non-hydrogen) atoms. The van der Waals surface area contributed by atoms with E-state index in [1.807, 2.05) is 17.8 Å². The summed E-state index contributed by atoms with van der Waals surface area (Å²) in [4.78, 5) is 16.6. The van der Waals surface area contributed by atoms with Crippen molar-refractivity contribution in [2.24, 2.45) is 7.05 Å². The molecular formula is C12H11N5O2. The molecule has 0 atom stereocenters. The number of hydrogen-bond donors (Lipinski definition) is 1. The van der Waals surface area contributed by atoms with Crippen LogP contribution in [0.15, 0.2) is 24.8 Å². The van der Waals surface area contributed by atoms with Gasteiger partial charge in [-0.25, -0.2) is 4.98 Å². The van der Waals surface area contributed by atoms with E-state index in [-0.39, 0.29) is 11.9 Å². The standard InChI is InChI=1S/C12H11N5O2/c1-17-5-8(14-6-17)10-9-7(3-4-13-10)11(18)16-12(15-9)19-2/h3-6H,1-2H3,(H,15,16,18). The molecule has 0 unspecified atom stereocenters. The Morgan fingerprint density at radius 1 is 1.26 bits per heavy atom. The molecule has 0 aliphatic heterocycles. The highest BCUT2D eigenvalue weighted by Gasteiger charge is 2.14. The van der Waals surface area contributed by atoms with Crippen LogP contribution in [0.5, 0.6) is 11.9 Å². The molecule has 0 radical (unpaired) electrons. The van der Waals surface area contributed by atoms with Gasteiger partial charge in [0.1, 0.15) is 16.9 Å². The van der Waals surface area contributed by atoms with Crippen molar-refractivity contribution in [3.8, 4) is 23.3 Å². The van der Waals surface area contributed by atoms with Crippen molar-refractivity contribution < 1.29 is 9.84 Å². The quantitative estimate of drug-likeness (QED) is 0.740. The Kier molecular flexibility index (Phi) is 2.52. The van der Waals surface area contributed by atoms with Crippen molar-refractivity contribution >= 4 is 10.9 Å². The van der Waals surface area contributed by atoms with E-state index in [2.05, 4.69) is 19.9 Å². The van der Waals surface area contributed by atoms with Gasteiger partial charge in [-0.3, -0.25) is 4.98 Å². The van der Waals surface area contributed by atoms with Crippen molar-refractivity contribution in [2.75, 3.05) is 7.11 Å². The molecule has 3 aromatic heterocycles. The fourth-order valence-corrected chi connectivity index (χ4v) is 1.83. The van der Waals surface area contributed by atoms with Crippen LogP contribution >= 0.6 is 0 Å². The number of pyridine rings is 1. The summed E-state index contributed by atoms with van der Waals surface area (Å²) in [5.74, 6) is -0.138. The van der Waals surface area contributed by atoms with Crippen molar-refractivity contribution in [3.63, 3.8) is 0 Å². The van der Waals surface area contributed by atoms with E-state index >= 15 is 0 Å². The van der Waals surface area contributed by atoms with E-state index in [1.54, 1.807) is 18.6 Å². The van der Waals surface area contributed by atoms with Crippen LogP contribution in [0.2, 0.25) is 0 Å². The van der Waals surface area contributed by atoms with E-state index in [0.717, 1.165) is 0 Å². The minimum atomic E-state index is -0.138. The van der Waals surface area contributed by atoms with Crippen LogP contribution in [0.25, 0.3) is 22.3 Å². The highest BCUT2D eigenvalue weighted by atomic mass is 16.5. The van der Waals surface area contributed by atoms with Gasteiger partial charge in [-0.15, -0.1) is 0 Å². The molecule has 0 aliphatic rings. The molecule has 7 nitrogen and oxygen atoms in total. The number of aryl methyl sites for hydroxylation is 1. The zero-order valence-electron chi connectivity index (χ0n) is 10.4. The molecular weight excluding hydrogens is 246 g/mol. The first-order chi connectivity index (χ1) is 9.19. The van der Waals surface area contributed by atoms with Crippen molar-refractivity contribution in [3.05, 3.63) is 24.8 Å². The maximum absolute atomic E-state index is 9.88. The first kappa shape index (κ1) is 11.4. The van der Waals surface area contributed by atoms with Gasteiger partial charge in [0.25, 0.3) is 0 Å². The summed E-state index contributed by atoms with van der Waals surface area (Å²) in [5, 5.41) is 10.4. The third-order valence-corrected chi connectivity index (χ3v) is 2.70. The van der Waals surface area contributed by atoms with Crippen LogP contribution in [-0.2, 0) is 7.05 Å². The number of rotatable bonds is 2. The Morgan fingerprint density at radius 3 is 2.79 bits per heavy atom. The Balaban J connectivity index is 2.33. The fraction of sp³-hybridized carbons (Fsp3) is 0.167. The third-order valence-electron chi connectivity index (χ3n) is 2.70. The molecule has 1 N–H and O–H groups in total. The number of nitrogens with zero attached hydrogens (tertiary/aromatic N) is 5. The Bertz CT molecular complexity index is 753. The van der Waals surface area contributed by atoms with Crippen LogP contribution in [0.1, 0.15) is 0 Å². The van der Waals surface area contributed by atoms with E-state index in [0.29, 0.717) is 22.3 Å². The highest BCUT2D eigenvalue weighted by Crippen LogP contribution is 2.29. The molecule has 0 aromatic carbocycles. The molecule has 7 heteroatoms. The van der Waals surface area contributed by atoms with Gasteiger partial charge in [0.2, 0.25) is 5.88 Å². The zero-order valence-corrected chi connectivity index (χ0v) is 10.4. The van der Waals surface area contributed by atoms with Gasteiger partial charge >= 0.3 is 6.01 Å². The minimum Gasteiger partial charge on any atom is -0.493 e. The van der Waals surface area contributed by atoms with Gasteiger partial charge in [0, 0.05) is 19.4 Å². The zero-order chi connectivity index (χ0) is 13.4. The number of aromatic nitrogens is 5. The van der Waals surface area contributed by atoms with Gasteiger partial charge < -0.3 is 14.4 Å². The van der Waals surface area contributed by atoms with Crippen LogP contribution < -0.4 is 4.74 Å². The number of hydrogen-bond acceptors (Lipinski definition) is 6. The molecule has 3 aromatic rings. The normalized spacial score (nSPS) is 10.8. The smallest absolute Gasteiger partial charge is 0.320 e. The van der Waals surface area contributed by atoms with Crippen LogP contribution in [-0.4, -0.2) is 36.7 Å². The molecule has 96 valence electrons. The largest absolute Gasteiger partial charge is 0.493 e. The predicted octanol–water partition coefficient (Wildman–Crippen LogP) is 1.14. The maximum Gasteiger partial charge on any atom is 0.320 e. The summed E-state index contributed by atoms with van der Waals surface area (Å²) in [6.07, 6.45) is 5.09. The Hall–Kier alpha value is -2.70. The molecule has 0 aliphatic carbocycles. The van der Waals surface area contributed by atoms with Crippen LogP contribution in [0, 0.1) is 0 Å². The summed E-state index contributed by atoms with van der Waals surface area (Å²) in [6, 6.07) is 1.74. The Morgan fingerprint density at radius 2 is 2.11 bits per heavy atom. The average Bonchev–Trinajstić information content (AvgIpc) is 2.84. The molecule has 0 amide bonds. The van der Waals surface area contributed by atoms with Crippen molar-refractivity contribution in [1.82, 2.24) is 24.5 Å². The average molecular weight is 257 g/mol. The lowest BCUT2D eigenvalue weighted by atomic mass is 10.2. The van der Waals surface area contributed by atoms with Crippen LogP contribution in [0.3, 0.4) is 0 Å². The van der Waals surface area contributed by atoms with E-state index in [4.69, 9.17) is 4.74 Å². The lowest BCUT2D eigenvalue weighted by Gasteiger charge is -2.05. The summed E-state index contributed by atoms with van der Waals surface area (Å²) in [6.45, 7) is 0. The Labute approximate surface area is 108 Å². The lowest BCUT2D eigenvalue weighted by molar-refractivity contribution is 0.367. The number of methoxy groups -OCH3 is 1. The molecule has 0 bridgehead atoms. The first-order valence-corrected chi connectivity index (χ1v) is 5.57. The van der Waals surface area contributed by atoms with Gasteiger partial charge in [-0.2, -0.15) is 9.97 Å². The topological polar surface area (TPSA) is 86.0 Å².